The minimum absolute atomic E-state index is 0.140. The first-order valence-corrected chi connectivity index (χ1v) is 7.69. The van der Waals surface area contributed by atoms with Crippen LogP contribution in [0.2, 0.25) is 0 Å². The molecule has 2 aromatic rings. The minimum atomic E-state index is -0.266. The molecule has 2 unspecified atom stereocenters. The molecule has 0 radical (unpaired) electrons. The van der Waals surface area contributed by atoms with Gasteiger partial charge in [0.05, 0.1) is 19.6 Å². The van der Waals surface area contributed by atoms with Crippen LogP contribution in [0.3, 0.4) is 0 Å². The molecular formula is C19H19FO3. The summed E-state index contributed by atoms with van der Waals surface area (Å²) in [6, 6.07) is 14.2. The maximum absolute atomic E-state index is 13.0. The van der Waals surface area contributed by atoms with Gasteiger partial charge in [0.2, 0.25) is 0 Å². The zero-order chi connectivity index (χ0) is 16.2. The van der Waals surface area contributed by atoms with E-state index in [4.69, 9.17) is 9.47 Å². The number of ether oxygens (including phenoxy) is 2. The van der Waals surface area contributed by atoms with Gasteiger partial charge in [0.15, 0.2) is 0 Å². The number of carbonyl (C=O) groups excluding carboxylic acids is 1. The van der Waals surface area contributed by atoms with Gasteiger partial charge >= 0.3 is 5.97 Å². The van der Waals surface area contributed by atoms with Gasteiger partial charge in [-0.2, -0.15) is 0 Å². The molecule has 3 rings (SSSR count). The summed E-state index contributed by atoms with van der Waals surface area (Å²) in [5.41, 5.74) is 2.10. The van der Waals surface area contributed by atoms with E-state index in [2.05, 4.69) is 0 Å². The fraction of sp³-hybridized carbons (Fsp3) is 0.316. The third kappa shape index (κ3) is 3.70. The summed E-state index contributed by atoms with van der Waals surface area (Å²) >= 11 is 0. The molecule has 4 heteroatoms. The van der Waals surface area contributed by atoms with Crippen molar-refractivity contribution in [1.29, 1.82) is 0 Å². The Bertz CT molecular complexity index is 664. The van der Waals surface area contributed by atoms with Gasteiger partial charge in [-0.25, -0.2) is 4.39 Å². The van der Waals surface area contributed by atoms with E-state index in [-0.39, 0.29) is 23.6 Å². The molecule has 120 valence electrons. The summed E-state index contributed by atoms with van der Waals surface area (Å²) in [6.45, 7) is 0.441. The predicted molar refractivity (Wildman–Crippen MR) is 84.7 cm³/mol. The first-order chi connectivity index (χ1) is 11.2. The largest absolute Gasteiger partial charge is 0.497 e. The first kappa shape index (κ1) is 15.5. The van der Waals surface area contributed by atoms with E-state index in [0.717, 1.165) is 23.3 Å². The lowest BCUT2D eigenvalue weighted by atomic mass is 9.85. The van der Waals surface area contributed by atoms with Crippen LogP contribution in [-0.4, -0.2) is 19.7 Å². The van der Waals surface area contributed by atoms with E-state index in [9.17, 15) is 9.18 Å². The number of hydrogen-bond donors (Lipinski definition) is 0. The Labute approximate surface area is 135 Å². The Balaban J connectivity index is 1.69. The van der Waals surface area contributed by atoms with Crippen LogP contribution < -0.4 is 4.74 Å². The number of rotatable bonds is 5. The SMILES string of the molecule is COc1ccc(CC2COC(=O)C2Cc2ccc(F)cc2)cc1. The van der Waals surface area contributed by atoms with Crippen LogP contribution in [-0.2, 0) is 22.4 Å². The maximum Gasteiger partial charge on any atom is 0.309 e. The van der Waals surface area contributed by atoms with Gasteiger partial charge in [-0.1, -0.05) is 24.3 Å². The van der Waals surface area contributed by atoms with Gasteiger partial charge in [-0.15, -0.1) is 0 Å². The molecule has 1 aliphatic heterocycles. The Morgan fingerprint density at radius 2 is 1.65 bits per heavy atom. The van der Waals surface area contributed by atoms with Crippen molar-refractivity contribution in [1.82, 2.24) is 0 Å². The lowest BCUT2D eigenvalue weighted by Gasteiger charge is -2.15. The molecule has 0 N–H and O–H groups in total. The molecule has 1 saturated heterocycles. The van der Waals surface area contributed by atoms with Gasteiger partial charge in [0.1, 0.15) is 11.6 Å². The third-order valence-corrected chi connectivity index (χ3v) is 4.34. The molecule has 23 heavy (non-hydrogen) atoms. The predicted octanol–water partition coefficient (Wildman–Crippen LogP) is 3.41. The fourth-order valence-electron chi connectivity index (χ4n) is 2.99. The molecule has 1 fully saturated rings. The maximum atomic E-state index is 13.0. The zero-order valence-corrected chi connectivity index (χ0v) is 13.0. The lowest BCUT2D eigenvalue weighted by Crippen LogP contribution is -2.20. The van der Waals surface area contributed by atoms with Crippen LogP contribution in [0.25, 0.3) is 0 Å². The molecule has 2 atom stereocenters. The van der Waals surface area contributed by atoms with Gasteiger partial charge in [0, 0.05) is 5.92 Å². The average Bonchev–Trinajstić information content (AvgIpc) is 2.91. The molecule has 3 nitrogen and oxygen atoms in total. The molecule has 0 aromatic heterocycles. The van der Waals surface area contributed by atoms with Crippen molar-refractivity contribution in [3.63, 3.8) is 0 Å². The molecule has 0 spiro atoms. The summed E-state index contributed by atoms with van der Waals surface area (Å²) in [5.74, 6) is 0.351. The molecule has 2 aromatic carbocycles. The average molecular weight is 314 g/mol. The molecule has 0 saturated carbocycles. The summed E-state index contributed by atoms with van der Waals surface area (Å²) in [6.07, 6.45) is 1.36. The van der Waals surface area contributed by atoms with E-state index in [1.54, 1.807) is 19.2 Å². The molecule has 0 bridgehead atoms. The topological polar surface area (TPSA) is 35.5 Å². The number of halogens is 1. The lowest BCUT2D eigenvalue weighted by molar-refractivity contribution is -0.141. The molecule has 0 aliphatic carbocycles. The number of hydrogen-bond acceptors (Lipinski definition) is 3. The van der Waals surface area contributed by atoms with Crippen LogP contribution in [0.15, 0.2) is 48.5 Å². The van der Waals surface area contributed by atoms with Crippen LogP contribution >= 0.6 is 0 Å². The van der Waals surface area contributed by atoms with Crippen LogP contribution in [0, 0.1) is 17.7 Å². The van der Waals surface area contributed by atoms with Crippen molar-refractivity contribution in [2.45, 2.75) is 12.8 Å². The first-order valence-electron chi connectivity index (χ1n) is 7.69. The van der Waals surface area contributed by atoms with Crippen molar-refractivity contribution in [3.05, 3.63) is 65.5 Å². The molecule has 0 amide bonds. The Kier molecular flexibility index (Phi) is 4.60. The van der Waals surface area contributed by atoms with Crippen molar-refractivity contribution in [2.75, 3.05) is 13.7 Å². The van der Waals surface area contributed by atoms with Crippen molar-refractivity contribution in [2.24, 2.45) is 11.8 Å². The van der Waals surface area contributed by atoms with Crippen molar-refractivity contribution >= 4 is 5.97 Å². The second-order valence-corrected chi connectivity index (χ2v) is 5.88. The Morgan fingerprint density at radius 1 is 1.04 bits per heavy atom. The van der Waals surface area contributed by atoms with E-state index in [1.807, 2.05) is 24.3 Å². The molecule has 1 heterocycles. The Morgan fingerprint density at radius 3 is 2.30 bits per heavy atom. The number of carbonyl (C=O) groups is 1. The van der Waals surface area contributed by atoms with Crippen LogP contribution in [0.5, 0.6) is 5.75 Å². The van der Waals surface area contributed by atoms with Gasteiger partial charge in [-0.3, -0.25) is 4.79 Å². The van der Waals surface area contributed by atoms with Gasteiger partial charge in [-0.05, 0) is 48.2 Å². The molecule has 1 aliphatic rings. The summed E-state index contributed by atoms with van der Waals surface area (Å²) < 4.78 is 23.4. The summed E-state index contributed by atoms with van der Waals surface area (Å²) in [5, 5.41) is 0. The highest BCUT2D eigenvalue weighted by Crippen LogP contribution is 2.29. The fourth-order valence-corrected chi connectivity index (χ4v) is 2.99. The Hall–Kier alpha value is -2.36. The summed E-state index contributed by atoms with van der Waals surface area (Å²) in [7, 11) is 1.64. The highest BCUT2D eigenvalue weighted by Gasteiger charge is 2.36. The van der Waals surface area contributed by atoms with Gasteiger partial charge in [0.25, 0.3) is 0 Å². The van der Waals surface area contributed by atoms with E-state index in [0.29, 0.717) is 13.0 Å². The normalized spacial score (nSPS) is 20.3. The highest BCUT2D eigenvalue weighted by molar-refractivity contribution is 5.75. The second-order valence-electron chi connectivity index (χ2n) is 5.88. The molecular weight excluding hydrogens is 295 g/mol. The number of methoxy groups -OCH3 is 1. The van der Waals surface area contributed by atoms with E-state index in [1.165, 1.54) is 12.1 Å². The third-order valence-electron chi connectivity index (χ3n) is 4.34. The minimum Gasteiger partial charge on any atom is -0.497 e. The smallest absolute Gasteiger partial charge is 0.309 e. The zero-order valence-electron chi connectivity index (χ0n) is 13.0. The number of esters is 1. The number of benzene rings is 2. The number of cyclic esters (lactones) is 1. The standard InChI is InChI=1S/C19H19FO3/c1-22-17-8-4-13(5-9-17)10-15-12-23-19(21)18(15)11-14-2-6-16(20)7-3-14/h2-9,15,18H,10-12H2,1H3. The van der Waals surface area contributed by atoms with Gasteiger partial charge < -0.3 is 9.47 Å². The van der Waals surface area contributed by atoms with Crippen LogP contribution in [0.1, 0.15) is 11.1 Å². The van der Waals surface area contributed by atoms with Crippen LogP contribution in [0.4, 0.5) is 4.39 Å². The van der Waals surface area contributed by atoms with Crippen molar-refractivity contribution < 1.29 is 18.7 Å². The second kappa shape index (κ2) is 6.82. The summed E-state index contributed by atoms with van der Waals surface area (Å²) in [4.78, 5) is 12.0. The van der Waals surface area contributed by atoms with Crippen molar-refractivity contribution in [3.8, 4) is 5.75 Å². The monoisotopic (exact) mass is 314 g/mol. The van der Waals surface area contributed by atoms with E-state index >= 15 is 0 Å². The quantitative estimate of drug-likeness (QED) is 0.793. The van der Waals surface area contributed by atoms with E-state index < -0.39 is 0 Å². The highest BCUT2D eigenvalue weighted by atomic mass is 19.1.